The molecule has 1 unspecified atom stereocenters. The summed E-state index contributed by atoms with van der Waals surface area (Å²) >= 11 is 0. The Bertz CT molecular complexity index is 1170. The highest BCUT2D eigenvalue weighted by Gasteiger charge is 2.46. The van der Waals surface area contributed by atoms with Gasteiger partial charge in [-0.15, -0.1) is 0 Å². The minimum atomic E-state index is -0.692. The molecule has 1 heterocycles. The Hall–Kier alpha value is -3.12. The van der Waals surface area contributed by atoms with Gasteiger partial charge in [-0.3, -0.25) is 9.59 Å². The third kappa shape index (κ3) is 6.61. The molecule has 2 aromatic rings. The molecule has 200 valence electrons. The van der Waals surface area contributed by atoms with E-state index >= 15 is 0 Å². The van der Waals surface area contributed by atoms with Crippen molar-refractivity contribution in [2.45, 2.75) is 59.4 Å². The summed E-state index contributed by atoms with van der Waals surface area (Å²) < 4.78 is 5.95. The van der Waals surface area contributed by atoms with Gasteiger partial charge >= 0.3 is 0 Å². The van der Waals surface area contributed by atoms with Crippen LogP contribution >= 0.6 is 0 Å². The van der Waals surface area contributed by atoms with E-state index in [0.29, 0.717) is 36.8 Å². The molecule has 1 fully saturated rings. The van der Waals surface area contributed by atoms with Crippen LogP contribution in [0.3, 0.4) is 0 Å². The van der Waals surface area contributed by atoms with Crippen LogP contribution in [0.5, 0.6) is 5.75 Å². The Kier molecular flexibility index (Phi) is 8.85. The number of ether oxygens (including phenoxy) is 1. The molecule has 37 heavy (non-hydrogen) atoms. The molecular formula is C31H42N2O4. The van der Waals surface area contributed by atoms with Crippen molar-refractivity contribution in [1.82, 2.24) is 9.80 Å². The third-order valence-corrected chi connectivity index (χ3v) is 6.66. The van der Waals surface area contributed by atoms with E-state index in [1.807, 2.05) is 68.4 Å². The quantitative estimate of drug-likeness (QED) is 0.268. The molecule has 0 saturated carbocycles. The number of aliphatic hydroxyl groups is 1. The van der Waals surface area contributed by atoms with Gasteiger partial charge in [0.1, 0.15) is 11.5 Å². The SMILES string of the molecule is Cc1ccc(C(C)(C)C)cc1/C(O)=C1\C(=O)C(=O)N(CCCN(C)C)C1c1cccc(OCC(C)C)c1. The summed E-state index contributed by atoms with van der Waals surface area (Å²) in [5.41, 5.74) is 3.21. The number of likely N-dealkylation sites (tertiary alicyclic amines) is 1. The van der Waals surface area contributed by atoms with E-state index in [2.05, 4.69) is 34.6 Å². The summed E-state index contributed by atoms with van der Waals surface area (Å²) in [6.07, 6.45) is 0.707. The van der Waals surface area contributed by atoms with Gasteiger partial charge in [-0.2, -0.15) is 0 Å². The van der Waals surface area contributed by atoms with E-state index in [1.54, 1.807) is 4.90 Å². The van der Waals surface area contributed by atoms with Crippen molar-refractivity contribution in [3.63, 3.8) is 0 Å². The molecule has 3 rings (SSSR count). The van der Waals surface area contributed by atoms with Gasteiger partial charge in [0.05, 0.1) is 18.2 Å². The van der Waals surface area contributed by atoms with Gasteiger partial charge in [0, 0.05) is 12.1 Å². The Morgan fingerprint density at radius 2 is 1.81 bits per heavy atom. The van der Waals surface area contributed by atoms with Crippen LogP contribution in [0.15, 0.2) is 48.0 Å². The molecule has 0 aromatic heterocycles. The Morgan fingerprint density at radius 3 is 2.43 bits per heavy atom. The molecular weight excluding hydrogens is 464 g/mol. The summed E-state index contributed by atoms with van der Waals surface area (Å²) in [6.45, 7) is 14.1. The average molecular weight is 507 g/mol. The number of carbonyl (C=O) groups is 2. The summed E-state index contributed by atoms with van der Waals surface area (Å²) in [5.74, 6) is -0.324. The first kappa shape index (κ1) is 28.5. The van der Waals surface area contributed by atoms with E-state index in [0.717, 1.165) is 23.2 Å². The van der Waals surface area contributed by atoms with E-state index in [-0.39, 0.29) is 16.7 Å². The number of aryl methyl sites for hydroxylation is 1. The van der Waals surface area contributed by atoms with Crippen molar-refractivity contribution >= 4 is 17.4 Å². The minimum Gasteiger partial charge on any atom is -0.507 e. The number of Topliss-reactive ketones (excluding diaryl/α,β-unsaturated/α-hetero) is 1. The fourth-order valence-corrected chi connectivity index (χ4v) is 4.54. The Labute approximate surface area is 221 Å². The molecule has 0 radical (unpaired) electrons. The van der Waals surface area contributed by atoms with Gasteiger partial charge in [-0.1, -0.05) is 58.9 Å². The topological polar surface area (TPSA) is 70.1 Å². The predicted molar refractivity (Wildman–Crippen MR) is 149 cm³/mol. The predicted octanol–water partition coefficient (Wildman–Crippen LogP) is 5.70. The standard InChI is InChI=1S/C31H42N2O4/c1-20(2)19-37-24-12-9-11-22(17-24)27-26(29(35)30(36)33(27)16-10-15-32(7)8)28(34)25-18-23(31(4,5)6)14-13-21(25)3/h9,11-14,17-18,20,27,34H,10,15-16,19H2,1-8H3/b28-26+. The van der Waals surface area contributed by atoms with Gasteiger partial charge in [0.25, 0.3) is 11.7 Å². The number of rotatable bonds is 9. The number of nitrogens with zero attached hydrogens (tertiary/aromatic N) is 2. The molecule has 0 aliphatic carbocycles. The first-order valence-electron chi connectivity index (χ1n) is 13.1. The molecule has 1 amide bonds. The van der Waals surface area contributed by atoms with E-state index in [1.165, 1.54) is 0 Å². The number of benzene rings is 2. The van der Waals surface area contributed by atoms with Crippen LogP contribution in [0.2, 0.25) is 0 Å². The van der Waals surface area contributed by atoms with E-state index < -0.39 is 17.7 Å². The molecule has 0 spiro atoms. The second kappa shape index (κ2) is 11.5. The summed E-state index contributed by atoms with van der Waals surface area (Å²) in [6, 6.07) is 12.8. The number of ketones is 1. The molecule has 1 saturated heterocycles. The van der Waals surface area contributed by atoms with Crippen LogP contribution in [0, 0.1) is 12.8 Å². The average Bonchev–Trinajstić information content (AvgIpc) is 3.07. The fourth-order valence-electron chi connectivity index (χ4n) is 4.54. The molecule has 1 aliphatic rings. The number of aliphatic hydroxyl groups excluding tert-OH is 1. The maximum absolute atomic E-state index is 13.5. The first-order valence-corrected chi connectivity index (χ1v) is 13.1. The molecule has 1 N–H and O–H groups in total. The minimum absolute atomic E-state index is 0.129. The zero-order valence-corrected chi connectivity index (χ0v) is 23.6. The Balaban J connectivity index is 2.16. The highest BCUT2D eigenvalue weighted by molar-refractivity contribution is 6.46. The lowest BCUT2D eigenvalue weighted by molar-refractivity contribution is -0.139. The van der Waals surface area contributed by atoms with Gasteiger partial charge < -0.3 is 19.6 Å². The van der Waals surface area contributed by atoms with E-state index in [4.69, 9.17) is 4.74 Å². The maximum Gasteiger partial charge on any atom is 0.295 e. The monoisotopic (exact) mass is 506 g/mol. The number of amides is 1. The van der Waals surface area contributed by atoms with Crippen molar-refractivity contribution in [2.24, 2.45) is 5.92 Å². The fraction of sp³-hybridized carbons (Fsp3) is 0.484. The highest BCUT2D eigenvalue weighted by atomic mass is 16.5. The van der Waals surface area contributed by atoms with E-state index in [9.17, 15) is 14.7 Å². The molecule has 2 aromatic carbocycles. The molecule has 1 atom stereocenters. The largest absolute Gasteiger partial charge is 0.507 e. The first-order chi connectivity index (χ1) is 17.3. The lowest BCUT2D eigenvalue weighted by atomic mass is 9.84. The molecule has 1 aliphatic heterocycles. The van der Waals surface area contributed by atoms with Crippen LogP contribution in [-0.4, -0.2) is 60.4 Å². The van der Waals surface area contributed by atoms with Crippen LogP contribution in [0.4, 0.5) is 0 Å². The van der Waals surface area contributed by atoms with Gasteiger partial charge in [-0.05, 0) is 80.2 Å². The summed E-state index contributed by atoms with van der Waals surface area (Å²) in [5, 5.41) is 11.6. The number of carbonyl (C=O) groups excluding carboxylic acids is 2. The molecule has 6 heteroatoms. The molecule has 0 bridgehead atoms. The summed E-state index contributed by atoms with van der Waals surface area (Å²) in [7, 11) is 3.96. The smallest absolute Gasteiger partial charge is 0.295 e. The van der Waals surface area contributed by atoms with Crippen LogP contribution in [0.25, 0.3) is 5.76 Å². The highest BCUT2D eigenvalue weighted by Crippen LogP contribution is 2.41. The second-order valence-corrected chi connectivity index (χ2v) is 11.7. The Morgan fingerprint density at radius 1 is 1.11 bits per heavy atom. The van der Waals surface area contributed by atoms with Crippen molar-refractivity contribution < 1.29 is 19.4 Å². The lowest BCUT2D eigenvalue weighted by Crippen LogP contribution is -2.32. The normalized spacial score (nSPS) is 17.8. The zero-order chi connectivity index (χ0) is 27.5. The summed E-state index contributed by atoms with van der Waals surface area (Å²) in [4.78, 5) is 30.4. The molecule has 6 nitrogen and oxygen atoms in total. The van der Waals surface area contributed by atoms with Crippen molar-refractivity contribution in [2.75, 3.05) is 33.8 Å². The van der Waals surface area contributed by atoms with Crippen molar-refractivity contribution in [3.8, 4) is 5.75 Å². The van der Waals surface area contributed by atoms with Gasteiger partial charge in [0.15, 0.2) is 0 Å². The zero-order valence-electron chi connectivity index (χ0n) is 23.6. The second-order valence-electron chi connectivity index (χ2n) is 11.7. The van der Waals surface area contributed by atoms with Gasteiger partial charge in [-0.25, -0.2) is 0 Å². The number of hydrogen-bond acceptors (Lipinski definition) is 5. The van der Waals surface area contributed by atoms with Crippen LogP contribution < -0.4 is 4.74 Å². The number of hydrogen-bond donors (Lipinski definition) is 1. The van der Waals surface area contributed by atoms with Crippen LogP contribution in [-0.2, 0) is 15.0 Å². The van der Waals surface area contributed by atoms with Gasteiger partial charge in [0.2, 0.25) is 0 Å². The lowest BCUT2D eigenvalue weighted by Gasteiger charge is -2.26. The maximum atomic E-state index is 13.5. The van der Waals surface area contributed by atoms with Crippen LogP contribution in [0.1, 0.15) is 69.3 Å². The third-order valence-electron chi connectivity index (χ3n) is 6.66. The van der Waals surface area contributed by atoms with Crippen molar-refractivity contribution in [1.29, 1.82) is 0 Å². The van der Waals surface area contributed by atoms with Crippen molar-refractivity contribution in [3.05, 3.63) is 70.3 Å².